The smallest absolute Gasteiger partial charge is 0.295 e. The van der Waals surface area contributed by atoms with Crippen LogP contribution in [0, 0.1) is 11.6 Å². The van der Waals surface area contributed by atoms with Gasteiger partial charge in [0.1, 0.15) is 0 Å². The molecule has 0 N–H and O–H groups in total. The summed E-state index contributed by atoms with van der Waals surface area (Å²) in [6.45, 7) is 0. The number of hydrogen-bond acceptors (Lipinski definition) is 1. The average molecular weight is 109 g/mol. The van der Waals surface area contributed by atoms with Gasteiger partial charge in [0, 0.05) is 14.1 Å². The van der Waals surface area contributed by atoms with E-state index in [1.807, 2.05) is 0 Å². The van der Waals surface area contributed by atoms with Gasteiger partial charge in [0.25, 0.3) is 0 Å². The van der Waals surface area contributed by atoms with Crippen molar-refractivity contribution in [3.63, 3.8) is 0 Å². The molecule has 0 heterocycles. The minimum absolute atomic E-state index is 0.324. The fraction of sp³-hybridized carbons (Fsp3) is 0.667. The highest BCUT2D eigenvalue weighted by Crippen LogP contribution is 1.72. The van der Waals surface area contributed by atoms with Gasteiger partial charge in [-0.2, -0.15) is 0 Å². The lowest BCUT2D eigenvalue weighted by Gasteiger charge is -1.92. The molecule has 0 unspecified atom stereocenters. The molecule has 0 saturated heterocycles. The van der Waals surface area contributed by atoms with Crippen LogP contribution in [0.1, 0.15) is 0 Å². The lowest BCUT2D eigenvalue weighted by molar-refractivity contribution is -0.262. The molecule has 0 aromatic heterocycles. The Bertz CT molecular complexity index is 61.8. The predicted octanol–water partition coefficient (Wildman–Crippen LogP) is -0.0504. The van der Waals surface area contributed by atoms with E-state index < -0.39 is 0 Å². The highest BCUT2D eigenvalue weighted by molar-refractivity contribution is 5.61. The van der Waals surface area contributed by atoms with Gasteiger partial charge in [-0.25, -0.2) is 4.79 Å². The first kappa shape index (κ1) is 5.76. The first-order valence-corrected chi connectivity index (χ1v) is 1.93. The summed E-state index contributed by atoms with van der Waals surface area (Å²) < 4.78 is 0. The second-order valence-electron chi connectivity index (χ2n) is 1.16. The Kier molecular flexibility index (Phi) is 1.95. The number of amides is 1. The van der Waals surface area contributed by atoms with Crippen molar-refractivity contribution < 1.29 is 16.4 Å². The Labute approximate surface area is 41.7 Å². The lowest BCUT2D eigenvalue weighted by atomic mass is 11.0. The Balaban J connectivity index is 3.26. The highest BCUT2D eigenvalue weighted by atomic mass is 35.5. The average Bonchev–Trinajstić information content (AvgIpc) is 1.36. The van der Waals surface area contributed by atoms with E-state index in [0.29, 0.717) is 0 Å². The molecule has 0 bridgehead atoms. The molecular formula is C3H7ClNO+. The quantitative estimate of drug-likeness (QED) is 0.315. The summed E-state index contributed by atoms with van der Waals surface area (Å²) in [7, 11) is 3.24. The number of rotatable bonds is 0. The summed E-state index contributed by atoms with van der Waals surface area (Å²) in [5, 5.41) is -0.324. The molecule has 0 aromatic rings. The molecule has 0 spiro atoms. The molecule has 0 aliphatic carbocycles. The lowest BCUT2D eigenvalue weighted by Crippen LogP contribution is -2.16. The highest BCUT2D eigenvalue weighted by Gasteiger charge is 2.03. The van der Waals surface area contributed by atoms with Gasteiger partial charge in [0.2, 0.25) is 11.6 Å². The minimum Gasteiger partial charge on any atom is -0.295 e. The summed E-state index contributed by atoms with van der Waals surface area (Å²) >= 11 is 4.19. The number of carbonyl (C=O) groups excluding carboxylic acids is 1. The maximum atomic E-state index is 9.88. The van der Waals surface area contributed by atoms with Crippen LogP contribution in [-0.2, 0) is 0 Å². The topological polar surface area (TPSA) is 20.3 Å². The van der Waals surface area contributed by atoms with Gasteiger partial charge in [-0.15, -0.1) is 0 Å². The van der Waals surface area contributed by atoms with Crippen molar-refractivity contribution in [2.75, 3.05) is 14.1 Å². The zero-order chi connectivity index (χ0) is 5.15. The van der Waals surface area contributed by atoms with E-state index in [1.54, 1.807) is 14.1 Å². The van der Waals surface area contributed by atoms with Crippen LogP contribution in [0.15, 0.2) is 0 Å². The van der Waals surface area contributed by atoms with Crippen LogP contribution in [0.3, 0.4) is 0 Å². The molecule has 36 valence electrons. The zero-order valence-electron chi connectivity index (χ0n) is 3.76. The van der Waals surface area contributed by atoms with Crippen molar-refractivity contribution in [1.82, 2.24) is 4.90 Å². The van der Waals surface area contributed by atoms with Crippen molar-refractivity contribution >= 4 is 5.37 Å². The van der Waals surface area contributed by atoms with Gasteiger partial charge in [-0.1, -0.05) is 0 Å². The first-order chi connectivity index (χ1) is 2.64. The molecule has 2 nitrogen and oxygen atoms in total. The van der Waals surface area contributed by atoms with Crippen molar-refractivity contribution in [1.29, 1.82) is 0 Å². The summed E-state index contributed by atoms with van der Waals surface area (Å²) in [4.78, 5) is 11.2. The first-order valence-electron chi connectivity index (χ1n) is 1.53. The maximum absolute atomic E-state index is 9.88. The third-order valence-electron chi connectivity index (χ3n) is 0.365. The minimum atomic E-state index is -0.324. The molecule has 6 heavy (non-hydrogen) atoms. The third-order valence-corrected chi connectivity index (χ3v) is 0.730. The van der Waals surface area contributed by atoms with Crippen LogP contribution < -0.4 is 0 Å². The molecule has 1 amide bonds. The number of hydrogen-bond donors (Lipinski definition) is 0. The number of halogens is 1. The van der Waals surface area contributed by atoms with E-state index in [4.69, 9.17) is 0 Å². The normalized spacial score (nSPS) is 7.83. The molecule has 0 rings (SSSR count). The molecule has 3 heteroatoms. The van der Waals surface area contributed by atoms with Crippen molar-refractivity contribution in [2.45, 2.75) is 0 Å². The fourth-order valence-electron chi connectivity index (χ4n) is 0. The SMILES string of the molecule is CN(C)C(=O)[ClH+]. The molecule has 0 radical (unpaired) electrons. The van der Waals surface area contributed by atoms with Gasteiger partial charge in [-0.05, 0) is 0 Å². The molecule has 0 aliphatic heterocycles. The molecule has 0 saturated carbocycles. The Morgan fingerprint density at radius 1 is 1.67 bits per heavy atom. The summed E-state index contributed by atoms with van der Waals surface area (Å²) in [5.74, 6) is 0. The van der Waals surface area contributed by atoms with Crippen LogP contribution >= 0.6 is 0 Å². The molecule has 0 aromatic carbocycles. The number of nitrogens with zero attached hydrogens (tertiary/aromatic N) is 1. The van der Waals surface area contributed by atoms with Gasteiger partial charge < -0.3 is 0 Å². The molecular weight excluding hydrogens is 101 g/mol. The second kappa shape index (κ2) is 2.03. The van der Waals surface area contributed by atoms with Crippen LogP contribution in [0.2, 0.25) is 0 Å². The van der Waals surface area contributed by atoms with Crippen molar-refractivity contribution in [3.05, 3.63) is 0 Å². The van der Waals surface area contributed by atoms with Crippen molar-refractivity contribution in [3.8, 4) is 0 Å². The Morgan fingerprint density at radius 3 is 1.83 bits per heavy atom. The van der Waals surface area contributed by atoms with E-state index >= 15 is 0 Å². The van der Waals surface area contributed by atoms with E-state index in [0.717, 1.165) is 0 Å². The maximum Gasteiger partial charge on any atom is 0.503 e. The van der Waals surface area contributed by atoms with Crippen LogP contribution in [0.4, 0.5) is 4.79 Å². The standard InChI is InChI=1S/C3H7ClNO/c1-5(2)3(4)6/h4H,1-2H3/q+1. The Morgan fingerprint density at radius 2 is 1.83 bits per heavy atom. The van der Waals surface area contributed by atoms with Crippen LogP contribution in [-0.4, -0.2) is 24.4 Å². The summed E-state index contributed by atoms with van der Waals surface area (Å²) in [6, 6.07) is 0. The van der Waals surface area contributed by atoms with E-state index in [9.17, 15) is 4.79 Å². The van der Waals surface area contributed by atoms with E-state index in [1.165, 1.54) is 4.90 Å². The number of carbonyl (C=O) groups is 1. The zero-order valence-corrected chi connectivity index (χ0v) is 4.58. The molecule has 0 aliphatic rings. The van der Waals surface area contributed by atoms with Crippen LogP contribution in [0.5, 0.6) is 0 Å². The molecule has 0 atom stereocenters. The second-order valence-corrected chi connectivity index (χ2v) is 1.51. The van der Waals surface area contributed by atoms with Gasteiger partial charge in [0.15, 0.2) is 0 Å². The van der Waals surface area contributed by atoms with E-state index in [2.05, 4.69) is 11.6 Å². The Hall–Kier alpha value is -0.240. The largest absolute Gasteiger partial charge is 0.503 e. The van der Waals surface area contributed by atoms with Crippen molar-refractivity contribution in [2.24, 2.45) is 0 Å². The monoisotopic (exact) mass is 108 g/mol. The van der Waals surface area contributed by atoms with Crippen LogP contribution in [0.25, 0.3) is 0 Å². The third kappa shape index (κ3) is 2.03. The fourth-order valence-corrected chi connectivity index (χ4v) is 0. The summed E-state index contributed by atoms with van der Waals surface area (Å²) in [5.41, 5.74) is 0. The van der Waals surface area contributed by atoms with Gasteiger partial charge in [0.05, 0.1) is 0 Å². The van der Waals surface area contributed by atoms with Gasteiger partial charge >= 0.3 is 5.37 Å². The van der Waals surface area contributed by atoms with E-state index in [-0.39, 0.29) is 5.37 Å². The molecule has 0 fully saturated rings. The summed E-state index contributed by atoms with van der Waals surface area (Å²) in [6.07, 6.45) is 0. The van der Waals surface area contributed by atoms with Gasteiger partial charge in [-0.3, -0.25) is 4.90 Å². The predicted molar refractivity (Wildman–Crippen MR) is 20.5 cm³/mol.